The molecule has 35 heavy (non-hydrogen) atoms. The minimum Gasteiger partial charge on any atom is -0.497 e. The fourth-order valence-electron chi connectivity index (χ4n) is 4.53. The largest absolute Gasteiger partial charge is 0.497 e. The van der Waals surface area contributed by atoms with Crippen molar-refractivity contribution in [3.63, 3.8) is 0 Å². The number of fused-ring (bicyclic) bond motifs is 1. The van der Waals surface area contributed by atoms with Gasteiger partial charge in [0, 0.05) is 43.6 Å². The SMILES string of the molecule is COc1ccc(CCc2nc3cc(C(C(C)=O)=C(C)N)ccn3c2NCCN2CCOCC2)cc1. The maximum absolute atomic E-state index is 12.2. The Morgan fingerprint density at radius 1 is 1.14 bits per heavy atom. The van der Waals surface area contributed by atoms with Gasteiger partial charge in [-0.25, -0.2) is 4.98 Å². The number of allylic oxidation sites excluding steroid dienone is 2. The van der Waals surface area contributed by atoms with Crippen LogP contribution in [-0.2, 0) is 22.4 Å². The molecule has 0 bridgehead atoms. The number of ether oxygens (including phenoxy) is 2. The first kappa shape index (κ1) is 24.8. The van der Waals surface area contributed by atoms with Gasteiger partial charge in [0.15, 0.2) is 5.78 Å². The maximum Gasteiger partial charge on any atom is 0.162 e. The van der Waals surface area contributed by atoms with E-state index in [9.17, 15) is 4.79 Å². The molecule has 186 valence electrons. The standard InChI is InChI=1S/C27H35N5O3/c1-19(28)26(20(2)33)22-10-12-32-25(18-22)30-24(9-6-21-4-7-23(34-3)8-5-21)27(32)29-11-13-31-14-16-35-17-15-31/h4-5,7-8,10,12,18,29H,6,9,11,13-17,28H2,1-3H3. The summed E-state index contributed by atoms with van der Waals surface area (Å²) < 4.78 is 12.8. The molecule has 0 atom stereocenters. The summed E-state index contributed by atoms with van der Waals surface area (Å²) in [5, 5.41) is 3.63. The molecule has 3 N–H and O–H groups in total. The van der Waals surface area contributed by atoms with Crippen LogP contribution in [0.4, 0.5) is 5.82 Å². The zero-order chi connectivity index (χ0) is 24.8. The van der Waals surface area contributed by atoms with Gasteiger partial charge in [-0.3, -0.25) is 14.1 Å². The number of benzene rings is 1. The molecular weight excluding hydrogens is 442 g/mol. The third-order valence-corrected chi connectivity index (χ3v) is 6.37. The van der Waals surface area contributed by atoms with Crippen LogP contribution in [0.2, 0.25) is 0 Å². The van der Waals surface area contributed by atoms with Crippen molar-refractivity contribution < 1.29 is 14.3 Å². The van der Waals surface area contributed by atoms with Crippen LogP contribution in [0.15, 0.2) is 48.3 Å². The van der Waals surface area contributed by atoms with Crippen molar-refractivity contribution in [3.05, 3.63) is 65.1 Å². The number of nitrogens with one attached hydrogen (secondary N) is 1. The molecule has 3 heterocycles. The van der Waals surface area contributed by atoms with E-state index in [0.717, 1.165) is 80.7 Å². The molecule has 1 aliphatic rings. The fraction of sp³-hybridized carbons (Fsp3) is 0.407. The van der Waals surface area contributed by atoms with Gasteiger partial charge in [0.25, 0.3) is 0 Å². The van der Waals surface area contributed by atoms with Gasteiger partial charge >= 0.3 is 0 Å². The molecule has 0 saturated carbocycles. The summed E-state index contributed by atoms with van der Waals surface area (Å²) in [5.74, 6) is 1.79. The lowest BCUT2D eigenvalue weighted by Crippen LogP contribution is -2.39. The molecule has 0 aliphatic carbocycles. The minimum absolute atomic E-state index is 0.0514. The Morgan fingerprint density at radius 2 is 1.89 bits per heavy atom. The number of ketones is 1. The van der Waals surface area contributed by atoms with Crippen LogP contribution in [0.1, 0.15) is 30.7 Å². The average molecular weight is 478 g/mol. The van der Waals surface area contributed by atoms with Gasteiger partial charge in [-0.2, -0.15) is 0 Å². The van der Waals surface area contributed by atoms with Gasteiger partial charge in [-0.1, -0.05) is 12.1 Å². The molecule has 0 amide bonds. The first-order chi connectivity index (χ1) is 17.0. The monoisotopic (exact) mass is 477 g/mol. The molecule has 8 heteroatoms. The summed E-state index contributed by atoms with van der Waals surface area (Å²) in [6.07, 6.45) is 3.62. The number of hydrogen-bond acceptors (Lipinski definition) is 7. The highest BCUT2D eigenvalue weighted by Crippen LogP contribution is 2.25. The van der Waals surface area contributed by atoms with Crippen LogP contribution in [0, 0.1) is 0 Å². The maximum atomic E-state index is 12.2. The second-order valence-corrected chi connectivity index (χ2v) is 8.89. The first-order valence-electron chi connectivity index (χ1n) is 12.1. The Morgan fingerprint density at radius 3 is 2.54 bits per heavy atom. The summed E-state index contributed by atoms with van der Waals surface area (Å²) in [5.41, 5.74) is 10.9. The number of anilines is 1. The van der Waals surface area contributed by atoms with Crippen LogP contribution in [0.25, 0.3) is 11.2 Å². The number of nitrogens with zero attached hydrogens (tertiary/aromatic N) is 3. The Labute approximate surface area is 206 Å². The zero-order valence-corrected chi connectivity index (χ0v) is 20.8. The quantitative estimate of drug-likeness (QED) is 0.433. The third kappa shape index (κ3) is 6.01. The zero-order valence-electron chi connectivity index (χ0n) is 20.8. The Bertz CT molecular complexity index is 1190. The number of aromatic nitrogens is 2. The Hall–Kier alpha value is -3.36. The molecule has 0 radical (unpaired) electrons. The van der Waals surface area contributed by atoms with Crippen molar-refractivity contribution in [2.45, 2.75) is 26.7 Å². The molecule has 1 fully saturated rings. The lowest BCUT2D eigenvalue weighted by atomic mass is 10.0. The molecule has 0 spiro atoms. The molecule has 1 aliphatic heterocycles. The van der Waals surface area contributed by atoms with Crippen LogP contribution in [0.5, 0.6) is 5.75 Å². The number of hydrogen-bond donors (Lipinski definition) is 2. The molecule has 2 aromatic heterocycles. The number of Topliss-reactive ketones (excluding diaryl/α,β-unsaturated/α-hetero) is 1. The molecule has 1 aromatic carbocycles. The Kier molecular flexibility index (Phi) is 8.05. The van der Waals surface area contributed by atoms with Crippen LogP contribution in [0.3, 0.4) is 0 Å². The topological polar surface area (TPSA) is 94.1 Å². The van der Waals surface area contributed by atoms with Gasteiger partial charge in [0.05, 0.1) is 26.0 Å². The summed E-state index contributed by atoms with van der Waals surface area (Å²) in [4.78, 5) is 19.6. The number of rotatable bonds is 10. The smallest absolute Gasteiger partial charge is 0.162 e. The van der Waals surface area contributed by atoms with Gasteiger partial charge in [0.1, 0.15) is 17.2 Å². The van der Waals surface area contributed by atoms with Crippen molar-refractivity contribution in [2.75, 3.05) is 51.8 Å². The van der Waals surface area contributed by atoms with E-state index in [1.54, 1.807) is 21.0 Å². The number of methoxy groups -OCH3 is 1. The number of pyridine rings is 1. The van der Waals surface area contributed by atoms with Crippen molar-refractivity contribution >= 4 is 22.8 Å². The predicted octanol–water partition coefficient (Wildman–Crippen LogP) is 3.15. The van der Waals surface area contributed by atoms with Crippen molar-refractivity contribution in [1.82, 2.24) is 14.3 Å². The number of aryl methyl sites for hydroxylation is 2. The number of carbonyl (C=O) groups excluding carboxylic acids is 1. The predicted molar refractivity (Wildman–Crippen MR) is 139 cm³/mol. The highest BCUT2D eigenvalue weighted by molar-refractivity contribution is 6.20. The van der Waals surface area contributed by atoms with Gasteiger partial charge in [-0.05, 0) is 62.1 Å². The fourth-order valence-corrected chi connectivity index (χ4v) is 4.53. The van der Waals surface area contributed by atoms with Gasteiger partial charge < -0.3 is 20.5 Å². The average Bonchev–Trinajstić information content (AvgIpc) is 3.20. The first-order valence-corrected chi connectivity index (χ1v) is 12.1. The number of morpholine rings is 1. The minimum atomic E-state index is -0.0514. The van der Waals surface area contributed by atoms with E-state index in [4.69, 9.17) is 20.2 Å². The summed E-state index contributed by atoms with van der Waals surface area (Å²) in [6.45, 7) is 8.55. The van der Waals surface area contributed by atoms with E-state index in [2.05, 4.69) is 26.8 Å². The van der Waals surface area contributed by atoms with E-state index in [1.807, 2.05) is 30.5 Å². The lowest BCUT2D eigenvalue weighted by molar-refractivity contribution is -0.111. The van der Waals surface area contributed by atoms with Gasteiger partial charge in [0.2, 0.25) is 0 Å². The van der Waals surface area contributed by atoms with Gasteiger partial charge in [-0.15, -0.1) is 0 Å². The second-order valence-electron chi connectivity index (χ2n) is 8.89. The van der Waals surface area contributed by atoms with Crippen molar-refractivity contribution in [2.24, 2.45) is 5.73 Å². The van der Waals surface area contributed by atoms with Crippen LogP contribution < -0.4 is 15.8 Å². The van der Waals surface area contributed by atoms with Crippen LogP contribution >= 0.6 is 0 Å². The molecule has 8 nitrogen and oxygen atoms in total. The molecule has 0 unspecified atom stereocenters. The van der Waals surface area contributed by atoms with Crippen molar-refractivity contribution in [1.29, 1.82) is 0 Å². The lowest BCUT2D eigenvalue weighted by Gasteiger charge is -2.26. The van der Waals surface area contributed by atoms with E-state index in [1.165, 1.54) is 5.56 Å². The molecule has 3 aromatic rings. The van der Waals surface area contributed by atoms with Crippen LogP contribution in [-0.4, -0.2) is 66.6 Å². The summed E-state index contributed by atoms with van der Waals surface area (Å²) in [6, 6.07) is 12.0. The van der Waals surface area contributed by atoms with E-state index < -0.39 is 0 Å². The molecule has 1 saturated heterocycles. The highest BCUT2D eigenvalue weighted by Gasteiger charge is 2.17. The molecular formula is C27H35N5O3. The summed E-state index contributed by atoms with van der Waals surface area (Å²) in [7, 11) is 1.67. The van der Waals surface area contributed by atoms with E-state index in [0.29, 0.717) is 11.3 Å². The Balaban J connectivity index is 1.59. The number of nitrogens with two attached hydrogens (primary N) is 1. The molecule has 4 rings (SSSR count). The highest BCUT2D eigenvalue weighted by atomic mass is 16.5. The van der Waals surface area contributed by atoms with Crippen molar-refractivity contribution in [3.8, 4) is 5.75 Å². The normalized spacial score (nSPS) is 15.2. The second kappa shape index (κ2) is 11.4. The van der Waals surface area contributed by atoms with E-state index in [-0.39, 0.29) is 5.78 Å². The number of imidazole rings is 1. The van der Waals surface area contributed by atoms with E-state index >= 15 is 0 Å². The summed E-state index contributed by atoms with van der Waals surface area (Å²) >= 11 is 0. The third-order valence-electron chi connectivity index (χ3n) is 6.37. The number of carbonyl (C=O) groups is 1.